The highest BCUT2D eigenvalue weighted by atomic mass is 16.7. The molecule has 2 aromatic rings. The molecule has 5 heteroatoms. The highest BCUT2D eigenvalue weighted by Gasteiger charge is 2.14. The van der Waals surface area contributed by atoms with Crippen LogP contribution >= 0.6 is 0 Å². The quantitative estimate of drug-likeness (QED) is 0.754. The van der Waals surface area contributed by atoms with Crippen LogP contribution in [0.15, 0.2) is 36.4 Å². The van der Waals surface area contributed by atoms with Crippen molar-refractivity contribution in [2.75, 3.05) is 20.1 Å². The topological polar surface area (TPSA) is 49.0 Å². The van der Waals surface area contributed by atoms with Crippen LogP contribution in [0.3, 0.4) is 0 Å². The van der Waals surface area contributed by atoms with Gasteiger partial charge in [0.15, 0.2) is 23.0 Å². The van der Waals surface area contributed by atoms with Gasteiger partial charge in [0.1, 0.15) is 0 Å². The van der Waals surface area contributed by atoms with E-state index in [-0.39, 0.29) is 0 Å². The van der Waals surface area contributed by atoms with E-state index in [1.54, 1.807) is 0 Å². The molecule has 0 saturated heterocycles. The third-order valence-corrected chi connectivity index (χ3v) is 3.79. The molecule has 0 bridgehead atoms. The van der Waals surface area contributed by atoms with Crippen molar-refractivity contribution in [2.45, 2.75) is 47.1 Å². The predicted molar refractivity (Wildman–Crippen MR) is 108 cm³/mol. The van der Waals surface area contributed by atoms with Crippen LogP contribution in [-0.2, 0) is 13.0 Å². The molecule has 0 spiro atoms. The number of ether oxygens (including phenoxy) is 4. The van der Waals surface area contributed by atoms with Gasteiger partial charge in [0.2, 0.25) is 13.6 Å². The Morgan fingerprint density at radius 2 is 1.22 bits per heavy atom. The number of benzene rings is 2. The molecule has 2 aliphatic rings. The molecule has 27 heavy (non-hydrogen) atoms. The average molecular weight is 373 g/mol. The van der Waals surface area contributed by atoms with Gasteiger partial charge in [0, 0.05) is 6.54 Å². The van der Waals surface area contributed by atoms with Crippen LogP contribution in [0.1, 0.15) is 45.2 Å². The van der Waals surface area contributed by atoms with Gasteiger partial charge in [0.05, 0.1) is 0 Å². The summed E-state index contributed by atoms with van der Waals surface area (Å²) in [7, 11) is 0. The van der Waals surface area contributed by atoms with E-state index in [0.717, 1.165) is 42.5 Å². The van der Waals surface area contributed by atoms with Crippen LogP contribution in [0.5, 0.6) is 23.0 Å². The first-order valence-corrected chi connectivity index (χ1v) is 9.78. The van der Waals surface area contributed by atoms with Gasteiger partial charge in [-0.2, -0.15) is 0 Å². The molecule has 0 unspecified atom stereocenters. The van der Waals surface area contributed by atoms with Crippen molar-refractivity contribution < 1.29 is 18.9 Å². The number of hydrogen-bond acceptors (Lipinski definition) is 5. The fourth-order valence-electron chi connectivity index (χ4n) is 2.61. The van der Waals surface area contributed by atoms with Crippen molar-refractivity contribution in [3.8, 4) is 23.0 Å². The van der Waals surface area contributed by atoms with Crippen molar-refractivity contribution in [3.63, 3.8) is 0 Å². The molecule has 0 fully saturated rings. The van der Waals surface area contributed by atoms with Crippen LogP contribution in [0.25, 0.3) is 0 Å². The minimum absolute atomic E-state index is 0.316. The molecular weight excluding hydrogens is 342 g/mol. The monoisotopic (exact) mass is 373 g/mol. The van der Waals surface area contributed by atoms with Gasteiger partial charge >= 0.3 is 0 Å². The Labute approximate surface area is 162 Å². The first-order chi connectivity index (χ1) is 13.3. The molecule has 0 aromatic heterocycles. The second-order valence-corrected chi connectivity index (χ2v) is 6.01. The van der Waals surface area contributed by atoms with Crippen LogP contribution in [-0.4, -0.2) is 20.1 Å². The van der Waals surface area contributed by atoms with Gasteiger partial charge in [-0.15, -0.1) is 0 Å². The molecule has 0 amide bonds. The summed E-state index contributed by atoms with van der Waals surface area (Å²) in [6, 6.07) is 12.1. The largest absolute Gasteiger partial charge is 0.454 e. The lowest BCUT2D eigenvalue weighted by Crippen LogP contribution is -2.16. The maximum atomic E-state index is 5.39. The van der Waals surface area contributed by atoms with E-state index in [9.17, 15) is 0 Å². The van der Waals surface area contributed by atoms with Crippen molar-refractivity contribution in [1.29, 1.82) is 0 Å². The van der Waals surface area contributed by atoms with Gasteiger partial charge in [-0.05, 0) is 48.4 Å². The molecular formula is C22H31NO4. The molecule has 0 radical (unpaired) electrons. The summed E-state index contributed by atoms with van der Waals surface area (Å²) in [5, 5.41) is 3.44. The smallest absolute Gasteiger partial charge is 0.231 e. The molecule has 2 aliphatic heterocycles. The van der Waals surface area contributed by atoms with Gasteiger partial charge < -0.3 is 24.3 Å². The molecule has 2 heterocycles. The Balaban J connectivity index is 0.000000478. The van der Waals surface area contributed by atoms with E-state index in [2.05, 4.69) is 31.3 Å². The summed E-state index contributed by atoms with van der Waals surface area (Å²) >= 11 is 0. The Morgan fingerprint density at radius 3 is 1.81 bits per heavy atom. The number of rotatable bonds is 5. The zero-order chi connectivity index (χ0) is 19.5. The predicted octanol–water partition coefficient (Wildman–Crippen LogP) is 4.92. The zero-order valence-corrected chi connectivity index (χ0v) is 16.8. The Morgan fingerprint density at radius 1 is 0.741 bits per heavy atom. The highest BCUT2D eigenvalue weighted by Crippen LogP contribution is 2.33. The second-order valence-electron chi connectivity index (χ2n) is 6.01. The molecule has 4 rings (SSSR count). The van der Waals surface area contributed by atoms with Gasteiger partial charge in [-0.1, -0.05) is 46.2 Å². The summed E-state index contributed by atoms with van der Waals surface area (Å²) in [5.74, 6) is 3.32. The average Bonchev–Trinajstić information content (AvgIpc) is 3.35. The van der Waals surface area contributed by atoms with E-state index >= 15 is 0 Å². The third-order valence-electron chi connectivity index (χ3n) is 3.79. The van der Waals surface area contributed by atoms with Crippen molar-refractivity contribution in [1.82, 2.24) is 5.32 Å². The molecule has 0 atom stereocenters. The lowest BCUT2D eigenvalue weighted by atomic mass is 10.1. The fraction of sp³-hybridized carbons (Fsp3) is 0.455. The van der Waals surface area contributed by atoms with Crippen molar-refractivity contribution >= 4 is 0 Å². The minimum Gasteiger partial charge on any atom is -0.454 e. The molecule has 2 aromatic carbocycles. The summed E-state index contributed by atoms with van der Waals surface area (Å²) in [6.07, 6.45) is 2.20. The molecule has 0 saturated carbocycles. The maximum absolute atomic E-state index is 5.39. The second kappa shape index (κ2) is 11.3. The molecule has 1 N–H and O–H groups in total. The summed E-state index contributed by atoms with van der Waals surface area (Å²) < 4.78 is 21.4. The standard InChI is InChI=1S/C17H17NO4.C3H8.C2H6/c1-3-14-16(21-10-19-14)7-12(1)5-6-18-9-13-2-4-15-17(8-13)22-11-20-15;1-3-2;1-2/h1-4,7-8,18H,5-6,9-11H2;3H2,1-2H3;1-2H3. The van der Waals surface area contributed by atoms with Gasteiger partial charge in [-0.3, -0.25) is 0 Å². The van der Waals surface area contributed by atoms with Crippen LogP contribution in [0.4, 0.5) is 0 Å². The Hall–Kier alpha value is -2.40. The molecule has 148 valence electrons. The van der Waals surface area contributed by atoms with Crippen LogP contribution in [0, 0.1) is 0 Å². The normalized spacial score (nSPS) is 12.6. The van der Waals surface area contributed by atoms with E-state index < -0.39 is 0 Å². The van der Waals surface area contributed by atoms with Crippen LogP contribution in [0.2, 0.25) is 0 Å². The van der Waals surface area contributed by atoms with E-state index in [1.165, 1.54) is 17.5 Å². The van der Waals surface area contributed by atoms with Crippen molar-refractivity contribution in [3.05, 3.63) is 47.5 Å². The molecule has 0 aliphatic carbocycles. The number of nitrogens with one attached hydrogen (secondary N) is 1. The lowest BCUT2D eigenvalue weighted by molar-refractivity contribution is 0.173. The van der Waals surface area contributed by atoms with Gasteiger partial charge in [0.25, 0.3) is 0 Å². The Bertz CT molecular complexity index is 643. The third kappa shape index (κ3) is 6.07. The van der Waals surface area contributed by atoms with Gasteiger partial charge in [-0.25, -0.2) is 0 Å². The number of fused-ring (bicyclic) bond motifs is 2. The summed E-state index contributed by atoms with van der Waals surface area (Å²) in [6.45, 7) is 10.6. The van der Waals surface area contributed by atoms with E-state index in [4.69, 9.17) is 18.9 Å². The fourth-order valence-corrected chi connectivity index (χ4v) is 2.61. The SMILES string of the molecule is CC.CCC.c1cc2c(cc1CCNCc1ccc3c(c1)OCO3)OCO2. The van der Waals surface area contributed by atoms with Crippen LogP contribution < -0.4 is 24.3 Å². The first kappa shape index (κ1) is 20.9. The minimum atomic E-state index is 0.316. The lowest BCUT2D eigenvalue weighted by Gasteiger charge is -2.07. The first-order valence-electron chi connectivity index (χ1n) is 9.78. The summed E-state index contributed by atoms with van der Waals surface area (Å²) in [4.78, 5) is 0. The number of hydrogen-bond donors (Lipinski definition) is 1. The summed E-state index contributed by atoms with van der Waals surface area (Å²) in [5.41, 5.74) is 2.43. The van der Waals surface area contributed by atoms with Crippen molar-refractivity contribution in [2.24, 2.45) is 0 Å². The Kier molecular flexibility index (Phi) is 8.78. The highest BCUT2D eigenvalue weighted by molar-refractivity contribution is 5.45. The zero-order valence-electron chi connectivity index (χ0n) is 16.8. The van der Waals surface area contributed by atoms with E-state index in [1.807, 2.05) is 38.1 Å². The van der Waals surface area contributed by atoms with E-state index in [0.29, 0.717) is 13.6 Å². The molecule has 5 nitrogen and oxygen atoms in total. The maximum Gasteiger partial charge on any atom is 0.231 e.